The van der Waals surface area contributed by atoms with Crippen molar-refractivity contribution in [1.29, 1.82) is 0 Å². The Balaban J connectivity index is 1.94. The summed E-state index contributed by atoms with van der Waals surface area (Å²) < 4.78 is 15.6. The molecule has 2 amide bonds. The smallest absolute Gasteiger partial charge is 0.259 e. The summed E-state index contributed by atoms with van der Waals surface area (Å²) in [5, 5.41) is 6.39. The normalized spacial score (nSPS) is 10.4. The van der Waals surface area contributed by atoms with Crippen molar-refractivity contribution in [3.8, 4) is 17.2 Å². The lowest BCUT2D eigenvalue weighted by molar-refractivity contribution is -0.120. The summed E-state index contributed by atoms with van der Waals surface area (Å²) >= 11 is 0. The molecule has 0 radical (unpaired) electrons. The summed E-state index contributed by atoms with van der Waals surface area (Å²) in [5.41, 5.74) is 4.62. The molecule has 2 N–H and O–H groups in total. The van der Waals surface area contributed by atoms with Crippen LogP contribution >= 0.6 is 0 Å². The Kier molecular flexibility index (Phi) is 7.38. The molecule has 148 valence electrons. The Labute approximate surface area is 163 Å². The second kappa shape index (κ2) is 9.96. The van der Waals surface area contributed by atoms with Gasteiger partial charge in [-0.3, -0.25) is 9.59 Å². The quantitative estimate of drug-likeness (QED) is 0.534. The molecule has 2 aromatic rings. The van der Waals surface area contributed by atoms with E-state index in [1.165, 1.54) is 39.7 Å². The van der Waals surface area contributed by atoms with Gasteiger partial charge in [0.1, 0.15) is 0 Å². The van der Waals surface area contributed by atoms with Gasteiger partial charge in [-0.25, -0.2) is 5.43 Å². The molecule has 0 unspecified atom stereocenters. The predicted octanol–water partition coefficient (Wildman–Crippen LogP) is 1.90. The van der Waals surface area contributed by atoms with Crippen LogP contribution in [0.1, 0.15) is 21.5 Å². The number of hydrogen-bond donors (Lipinski definition) is 2. The first-order valence-corrected chi connectivity index (χ1v) is 8.45. The summed E-state index contributed by atoms with van der Waals surface area (Å²) in [5.74, 6) is 0.157. The number of carbonyl (C=O) groups is 2. The maximum absolute atomic E-state index is 12.3. The number of hydrogen-bond acceptors (Lipinski definition) is 6. The minimum atomic E-state index is -0.461. The number of aryl methyl sites for hydroxylation is 1. The maximum Gasteiger partial charge on any atom is 0.259 e. The van der Waals surface area contributed by atoms with Crippen molar-refractivity contribution < 1.29 is 23.8 Å². The first kappa shape index (κ1) is 20.8. The molecule has 0 saturated carbocycles. The zero-order valence-electron chi connectivity index (χ0n) is 16.2. The Morgan fingerprint density at radius 1 is 1.00 bits per heavy atom. The van der Waals surface area contributed by atoms with Crippen molar-refractivity contribution in [1.82, 2.24) is 10.7 Å². The van der Waals surface area contributed by atoms with Gasteiger partial charge in [0.05, 0.1) is 34.1 Å². The van der Waals surface area contributed by atoms with Crippen LogP contribution in [0.15, 0.2) is 41.5 Å². The van der Waals surface area contributed by atoms with Crippen LogP contribution in [0.4, 0.5) is 0 Å². The van der Waals surface area contributed by atoms with Crippen molar-refractivity contribution in [3.05, 3.63) is 53.1 Å². The highest BCUT2D eigenvalue weighted by Crippen LogP contribution is 2.38. The lowest BCUT2D eigenvalue weighted by atomic mass is 10.1. The summed E-state index contributed by atoms with van der Waals surface area (Å²) in [6.45, 7) is 1.75. The van der Waals surface area contributed by atoms with Crippen LogP contribution in [0, 0.1) is 6.92 Å². The lowest BCUT2D eigenvalue weighted by Gasteiger charge is -2.14. The molecule has 0 aliphatic carbocycles. The van der Waals surface area contributed by atoms with Crippen molar-refractivity contribution in [2.24, 2.45) is 5.10 Å². The van der Waals surface area contributed by atoms with E-state index in [4.69, 9.17) is 14.2 Å². The summed E-state index contributed by atoms with van der Waals surface area (Å²) in [6, 6.07) is 10.7. The number of rotatable bonds is 8. The van der Waals surface area contributed by atoms with Gasteiger partial charge in [0.25, 0.3) is 11.8 Å². The van der Waals surface area contributed by atoms with E-state index in [1.54, 1.807) is 0 Å². The average molecular weight is 385 g/mol. The average Bonchev–Trinajstić information content (AvgIpc) is 2.72. The molecule has 0 aromatic heterocycles. The third-order valence-electron chi connectivity index (χ3n) is 3.82. The third kappa shape index (κ3) is 5.47. The van der Waals surface area contributed by atoms with Crippen molar-refractivity contribution in [2.75, 3.05) is 27.9 Å². The topological polar surface area (TPSA) is 98.2 Å². The van der Waals surface area contributed by atoms with Crippen molar-refractivity contribution in [2.45, 2.75) is 6.92 Å². The summed E-state index contributed by atoms with van der Waals surface area (Å²) in [4.78, 5) is 24.2. The number of hydrazone groups is 1. The first-order chi connectivity index (χ1) is 13.5. The number of nitrogens with zero attached hydrogens (tertiary/aromatic N) is 1. The van der Waals surface area contributed by atoms with E-state index >= 15 is 0 Å². The van der Waals surface area contributed by atoms with Gasteiger partial charge in [-0.15, -0.1) is 0 Å². The zero-order chi connectivity index (χ0) is 20.5. The predicted molar refractivity (Wildman–Crippen MR) is 105 cm³/mol. The van der Waals surface area contributed by atoms with Crippen LogP contribution in [0.25, 0.3) is 0 Å². The van der Waals surface area contributed by atoms with Crippen LogP contribution < -0.4 is 25.0 Å². The van der Waals surface area contributed by atoms with E-state index in [-0.39, 0.29) is 12.1 Å². The van der Waals surface area contributed by atoms with Crippen LogP contribution in [-0.4, -0.2) is 45.9 Å². The van der Waals surface area contributed by atoms with E-state index < -0.39 is 11.8 Å². The fraction of sp³-hybridized carbons (Fsp3) is 0.250. The van der Waals surface area contributed by atoms with Gasteiger partial charge >= 0.3 is 0 Å². The van der Waals surface area contributed by atoms with E-state index in [1.807, 2.05) is 31.2 Å². The second-order valence-electron chi connectivity index (χ2n) is 5.80. The number of carbonyl (C=O) groups excluding carboxylic acids is 2. The third-order valence-corrected chi connectivity index (χ3v) is 3.82. The van der Waals surface area contributed by atoms with Crippen molar-refractivity contribution >= 4 is 18.0 Å². The molecule has 0 aliphatic heterocycles. The number of ether oxygens (including phenoxy) is 3. The van der Waals surface area contributed by atoms with Gasteiger partial charge in [0, 0.05) is 5.56 Å². The maximum atomic E-state index is 12.3. The molecule has 2 rings (SSSR count). The summed E-state index contributed by atoms with van der Waals surface area (Å²) in [6.07, 6.45) is 1.53. The van der Waals surface area contributed by atoms with E-state index in [2.05, 4.69) is 15.8 Å². The van der Waals surface area contributed by atoms with Gasteiger partial charge in [0.2, 0.25) is 5.75 Å². The number of amides is 2. The molecule has 28 heavy (non-hydrogen) atoms. The van der Waals surface area contributed by atoms with Gasteiger partial charge in [-0.1, -0.05) is 29.8 Å². The number of methoxy groups -OCH3 is 3. The highest BCUT2D eigenvalue weighted by atomic mass is 16.5. The van der Waals surface area contributed by atoms with E-state index in [9.17, 15) is 9.59 Å². The van der Waals surface area contributed by atoms with Gasteiger partial charge in [-0.2, -0.15) is 5.10 Å². The van der Waals surface area contributed by atoms with Crippen LogP contribution in [0.3, 0.4) is 0 Å². The molecule has 8 nitrogen and oxygen atoms in total. The Morgan fingerprint density at radius 2 is 1.61 bits per heavy atom. The van der Waals surface area contributed by atoms with Gasteiger partial charge < -0.3 is 19.5 Å². The lowest BCUT2D eigenvalue weighted by Crippen LogP contribution is -2.34. The number of benzene rings is 2. The molecule has 0 heterocycles. The van der Waals surface area contributed by atoms with Crippen molar-refractivity contribution in [3.63, 3.8) is 0 Å². The standard InChI is InChI=1S/C20H23N3O5/c1-13-5-7-14(8-6-13)11-22-23-18(24)12-21-20(25)15-9-16(26-2)19(28-4)17(10-15)27-3/h5-11H,12H2,1-4H3,(H,21,25)(H,23,24)/b22-11+. The fourth-order valence-corrected chi connectivity index (χ4v) is 2.35. The Bertz CT molecular complexity index is 838. The largest absolute Gasteiger partial charge is 0.493 e. The monoisotopic (exact) mass is 385 g/mol. The minimum absolute atomic E-state index is 0.235. The molecular weight excluding hydrogens is 362 g/mol. The fourth-order valence-electron chi connectivity index (χ4n) is 2.35. The van der Waals surface area contributed by atoms with Gasteiger partial charge in [-0.05, 0) is 24.6 Å². The minimum Gasteiger partial charge on any atom is -0.493 e. The molecule has 2 aromatic carbocycles. The highest BCUT2D eigenvalue weighted by molar-refractivity contribution is 5.97. The summed E-state index contributed by atoms with van der Waals surface area (Å²) in [7, 11) is 4.39. The highest BCUT2D eigenvalue weighted by Gasteiger charge is 2.17. The Morgan fingerprint density at radius 3 is 2.14 bits per heavy atom. The van der Waals surface area contributed by atoms with E-state index in [0.717, 1.165) is 11.1 Å². The molecule has 0 saturated heterocycles. The second-order valence-corrected chi connectivity index (χ2v) is 5.80. The SMILES string of the molecule is COc1cc(C(=O)NCC(=O)N/N=C/c2ccc(C)cc2)cc(OC)c1OC. The first-order valence-electron chi connectivity index (χ1n) is 8.45. The molecule has 8 heteroatoms. The van der Waals surface area contributed by atoms with E-state index in [0.29, 0.717) is 17.2 Å². The molecule has 0 aliphatic rings. The van der Waals surface area contributed by atoms with Crippen LogP contribution in [0.5, 0.6) is 17.2 Å². The van der Waals surface area contributed by atoms with Gasteiger partial charge in [0.15, 0.2) is 11.5 Å². The zero-order valence-corrected chi connectivity index (χ0v) is 16.2. The molecule has 0 fully saturated rings. The van der Waals surface area contributed by atoms with Crippen LogP contribution in [0.2, 0.25) is 0 Å². The number of nitrogens with one attached hydrogen (secondary N) is 2. The molecule has 0 bridgehead atoms. The van der Waals surface area contributed by atoms with Crippen LogP contribution in [-0.2, 0) is 4.79 Å². The molecule has 0 spiro atoms. The Hall–Kier alpha value is -3.55. The molecular formula is C20H23N3O5. The molecule has 0 atom stereocenters.